The molecule has 0 aromatic heterocycles. The summed E-state index contributed by atoms with van der Waals surface area (Å²) in [5, 5.41) is 0. The summed E-state index contributed by atoms with van der Waals surface area (Å²) in [6, 6.07) is 0. The van der Waals surface area contributed by atoms with Gasteiger partial charge in [-0.2, -0.15) is 0 Å². The Balaban J connectivity index is 2.14. The van der Waals surface area contributed by atoms with Gasteiger partial charge in [-0.15, -0.1) is 0 Å². The van der Waals surface area contributed by atoms with E-state index in [0.717, 1.165) is 5.92 Å². The fourth-order valence-corrected chi connectivity index (χ4v) is 2.13. The lowest BCUT2D eigenvalue weighted by Crippen LogP contribution is -2.13. The molecule has 1 nitrogen and oxygen atoms in total. The van der Waals surface area contributed by atoms with Gasteiger partial charge in [-0.25, -0.2) is 0 Å². The highest BCUT2D eigenvalue weighted by Gasteiger charge is 2.29. The smallest absolute Gasteiger partial charge is 0.0952 e. The van der Waals surface area contributed by atoms with Gasteiger partial charge in [-0.3, -0.25) is 0 Å². The number of fused-ring (bicyclic) bond motifs is 1. The highest BCUT2D eigenvalue weighted by atomic mass is 16.5. The maximum atomic E-state index is 5.31. The van der Waals surface area contributed by atoms with Gasteiger partial charge in [0.25, 0.3) is 0 Å². The average Bonchev–Trinajstić information content (AvgIpc) is 2.47. The van der Waals surface area contributed by atoms with Crippen LogP contribution in [0.3, 0.4) is 0 Å². The molecule has 1 heteroatoms. The summed E-state index contributed by atoms with van der Waals surface area (Å²) in [4.78, 5) is 0. The Morgan fingerprint density at radius 3 is 3.27 bits per heavy atom. The number of ether oxygens (including phenoxy) is 1. The first-order valence-corrected chi connectivity index (χ1v) is 4.32. The van der Waals surface area contributed by atoms with Crippen molar-refractivity contribution < 1.29 is 4.74 Å². The summed E-state index contributed by atoms with van der Waals surface area (Å²) in [6.07, 6.45) is 10.6. The van der Waals surface area contributed by atoms with Crippen molar-refractivity contribution in [3.05, 3.63) is 24.0 Å². The normalized spacial score (nSPS) is 34.8. The molecule has 0 aromatic rings. The number of methoxy groups -OCH3 is 1. The second-order valence-corrected chi connectivity index (χ2v) is 3.32. The van der Waals surface area contributed by atoms with Crippen molar-refractivity contribution in [1.82, 2.24) is 0 Å². The van der Waals surface area contributed by atoms with Gasteiger partial charge in [0.05, 0.1) is 12.9 Å². The Hall–Kier alpha value is -0.720. The summed E-state index contributed by atoms with van der Waals surface area (Å²) in [7, 11) is 1.78. The van der Waals surface area contributed by atoms with E-state index in [1.807, 2.05) is 0 Å². The van der Waals surface area contributed by atoms with Crippen LogP contribution in [0.2, 0.25) is 0 Å². The number of hydrogen-bond donors (Lipinski definition) is 0. The molecular formula is C10H14O. The molecule has 0 fully saturated rings. The predicted octanol–water partition coefficient (Wildman–Crippen LogP) is 2.50. The molecule has 2 unspecified atom stereocenters. The lowest BCUT2D eigenvalue weighted by molar-refractivity contribution is 0.226. The molecule has 0 saturated heterocycles. The van der Waals surface area contributed by atoms with E-state index in [4.69, 9.17) is 4.74 Å². The van der Waals surface area contributed by atoms with Crippen molar-refractivity contribution >= 4 is 0 Å². The Kier molecular flexibility index (Phi) is 1.72. The van der Waals surface area contributed by atoms with E-state index >= 15 is 0 Å². The Morgan fingerprint density at radius 2 is 2.45 bits per heavy atom. The molecule has 0 N–H and O–H groups in total. The van der Waals surface area contributed by atoms with Gasteiger partial charge < -0.3 is 4.74 Å². The van der Waals surface area contributed by atoms with E-state index in [1.165, 1.54) is 25.0 Å². The summed E-state index contributed by atoms with van der Waals surface area (Å²) in [5.74, 6) is 2.67. The van der Waals surface area contributed by atoms with E-state index in [-0.39, 0.29) is 0 Å². The molecule has 0 spiro atoms. The molecule has 2 atom stereocenters. The first-order chi connectivity index (χ1) is 5.42. The Morgan fingerprint density at radius 1 is 1.55 bits per heavy atom. The van der Waals surface area contributed by atoms with Gasteiger partial charge in [0.1, 0.15) is 0 Å². The zero-order chi connectivity index (χ0) is 7.68. The zero-order valence-electron chi connectivity index (χ0n) is 6.92. The van der Waals surface area contributed by atoms with Gasteiger partial charge in [-0.05, 0) is 31.3 Å². The number of allylic oxidation sites excluding steroid dienone is 4. The van der Waals surface area contributed by atoms with E-state index in [9.17, 15) is 0 Å². The van der Waals surface area contributed by atoms with Crippen LogP contribution >= 0.6 is 0 Å². The summed E-state index contributed by atoms with van der Waals surface area (Å²) >= 11 is 0. The molecule has 0 radical (unpaired) electrons. The minimum Gasteiger partial charge on any atom is -0.501 e. The fraction of sp³-hybridized carbons (Fsp3) is 0.600. The summed E-state index contributed by atoms with van der Waals surface area (Å²) in [6.45, 7) is 0. The van der Waals surface area contributed by atoms with Crippen LogP contribution in [-0.4, -0.2) is 7.11 Å². The van der Waals surface area contributed by atoms with Gasteiger partial charge >= 0.3 is 0 Å². The SMILES string of the molecule is COC1=CCC2C=CCCC12. The fourth-order valence-electron chi connectivity index (χ4n) is 2.13. The second kappa shape index (κ2) is 2.72. The lowest BCUT2D eigenvalue weighted by atomic mass is 9.86. The number of hydrogen-bond acceptors (Lipinski definition) is 1. The van der Waals surface area contributed by atoms with Crippen molar-refractivity contribution in [2.75, 3.05) is 7.11 Å². The van der Waals surface area contributed by atoms with Crippen molar-refractivity contribution in [3.8, 4) is 0 Å². The highest BCUT2D eigenvalue weighted by Crippen LogP contribution is 2.38. The summed E-state index contributed by atoms with van der Waals surface area (Å²) in [5.41, 5.74) is 0. The first kappa shape index (κ1) is 6.96. The zero-order valence-corrected chi connectivity index (χ0v) is 6.92. The van der Waals surface area contributed by atoms with Crippen LogP contribution in [-0.2, 0) is 4.74 Å². The molecule has 0 heterocycles. The van der Waals surface area contributed by atoms with Crippen molar-refractivity contribution in [2.24, 2.45) is 11.8 Å². The number of rotatable bonds is 1. The average molecular weight is 150 g/mol. The third kappa shape index (κ3) is 1.09. The topological polar surface area (TPSA) is 9.23 Å². The third-order valence-corrected chi connectivity index (χ3v) is 2.74. The first-order valence-electron chi connectivity index (χ1n) is 4.32. The molecule has 11 heavy (non-hydrogen) atoms. The monoisotopic (exact) mass is 150 g/mol. The van der Waals surface area contributed by atoms with Gasteiger partial charge in [0.2, 0.25) is 0 Å². The Bertz CT molecular complexity index is 203. The summed E-state index contributed by atoms with van der Waals surface area (Å²) < 4.78 is 5.31. The van der Waals surface area contributed by atoms with Gasteiger partial charge in [0, 0.05) is 5.92 Å². The molecular weight excluding hydrogens is 136 g/mol. The maximum Gasteiger partial charge on any atom is 0.0952 e. The quantitative estimate of drug-likeness (QED) is 0.522. The highest BCUT2D eigenvalue weighted by molar-refractivity contribution is 5.16. The van der Waals surface area contributed by atoms with Crippen molar-refractivity contribution in [2.45, 2.75) is 19.3 Å². The van der Waals surface area contributed by atoms with E-state index in [2.05, 4.69) is 18.2 Å². The second-order valence-electron chi connectivity index (χ2n) is 3.32. The minimum atomic E-state index is 0.699. The van der Waals surface area contributed by atoms with Crippen LogP contribution < -0.4 is 0 Å². The molecule has 0 aromatic carbocycles. The maximum absolute atomic E-state index is 5.31. The van der Waals surface area contributed by atoms with Gasteiger partial charge in [-0.1, -0.05) is 12.2 Å². The van der Waals surface area contributed by atoms with Crippen LogP contribution in [0.4, 0.5) is 0 Å². The largest absolute Gasteiger partial charge is 0.501 e. The lowest BCUT2D eigenvalue weighted by Gasteiger charge is -2.22. The van der Waals surface area contributed by atoms with E-state index in [0.29, 0.717) is 5.92 Å². The standard InChI is InChI=1S/C10H14O/c1-11-10-7-6-8-4-2-3-5-9(8)10/h2,4,7-9H,3,5-6H2,1H3. The van der Waals surface area contributed by atoms with Gasteiger partial charge in [0.15, 0.2) is 0 Å². The van der Waals surface area contributed by atoms with E-state index in [1.54, 1.807) is 7.11 Å². The predicted molar refractivity (Wildman–Crippen MR) is 45.1 cm³/mol. The molecule has 0 bridgehead atoms. The van der Waals surface area contributed by atoms with Crippen molar-refractivity contribution in [1.29, 1.82) is 0 Å². The molecule has 0 amide bonds. The van der Waals surface area contributed by atoms with Crippen LogP contribution in [0.5, 0.6) is 0 Å². The molecule has 2 rings (SSSR count). The molecule has 0 aliphatic heterocycles. The molecule has 2 aliphatic carbocycles. The molecule has 0 saturated carbocycles. The van der Waals surface area contributed by atoms with Crippen LogP contribution in [0, 0.1) is 11.8 Å². The molecule has 60 valence electrons. The molecule has 2 aliphatic rings. The minimum absolute atomic E-state index is 0.699. The van der Waals surface area contributed by atoms with Crippen LogP contribution in [0.1, 0.15) is 19.3 Å². The third-order valence-electron chi connectivity index (χ3n) is 2.74. The van der Waals surface area contributed by atoms with E-state index < -0.39 is 0 Å². The Labute approximate surface area is 67.7 Å². The van der Waals surface area contributed by atoms with Crippen LogP contribution in [0.15, 0.2) is 24.0 Å². The van der Waals surface area contributed by atoms with Crippen LogP contribution in [0.25, 0.3) is 0 Å². The van der Waals surface area contributed by atoms with Crippen molar-refractivity contribution in [3.63, 3.8) is 0 Å².